The van der Waals surface area contributed by atoms with E-state index in [1.165, 1.54) is 16.3 Å². The van der Waals surface area contributed by atoms with E-state index < -0.39 is 9.28 Å². The van der Waals surface area contributed by atoms with Crippen LogP contribution in [0.3, 0.4) is 0 Å². The molecule has 101 valence electrons. The summed E-state index contributed by atoms with van der Waals surface area (Å²) in [6, 6.07) is 16.0. The molecule has 0 spiro atoms. The summed E-state index contributed by atoms with van der Waals surface area (Å²) in [6.07, 6.45) is 1.02. The summed E-state index contributed by atoms with van der Waals surface area (Å²) in [7, 11) is -1.11. The van der Waals surface area contributed by atoms with Gasteiger partial charge in [-0.3, -0.25) is 0 Å². The summed E-state index contributed by atoms with van der Waals surface area (Å²) in [5.41, 5.74) is 1.39. The van der Waals surface area contributed by atoms with E-state index in [0.717, 1.165) is 25.7 Å². The summed E-state index contributed by atoms with van der Waals surface area (Å²) >= 11 is 0. The SMILES string of the molecule is CCO[Si](CCc1cccc2ccccc12)OCC. The first-order valence-electron chi connectivity index (χ1n) is 6.93. The van der Waals surface area contributed by atoms with Crippen molar-refractivity contribution >= 4 is 20.1 Å². The van der Waals surface area contributed by atoms with E-state index in [-0.39, 0.29) is 0 Å². The van der Waals surface area contributed by atoms with Crippen LogP contribution in [0.25, 0.3) is 10.8 Å². The molecule has 2 aromatic carbocycles. The van der Waals surface area contributed by atoms with Crippen molar-refractivity contribution in [1.29, 1.82) is 0 Å². The van der Waals surface area contributed by atoms with Gasteiger partial charge >= 0.3 is 9.28 Å². The zero-order valence-electron chi connectivity index (χ0n) is 11.7. The predicted molar refractivity (Wildman–Crippen MR) is 81.5 cm³/mol. The fourth-order valence-electron chi connectivity index (χ4n) is 2.26. The van der Waals surface area contributed by atoms with Gasteiger partial charge in [0.1, 0.15) is 0 Å². The minimum atomic E-state index is -1.11. The lowest BCUT2D eigenvalue weighted by Gasteiger charge is -2.13. The van der Waals surface area contributed by atoms with E-state index >= 15 is 0 Å². The maximum Gasteiger partial charge on any atom is 0.384 e. The Labute approximate surface area is 117 Å². The Hall–Kier alpha value is -1.16. The van der Waals surface area contributed by atoms with Crippen molar-refractivity contribution in [1.82, 2.24) is 0 Å². The van der Waals surface area contributed by atoms with Crippen molar-refractivity contribution in [3.05, 3.63) is 48.0 Å². The van der Waals surface area contributed by atoms with Crippen molar-refractivity contribution in [3.63, 3.8) is 0 Å². The Morgan fingerprint density at radius 1 is 0.895 bits per heavy atom. The van der Waals surface area contributed by atoms with Crippen LogP contribution in [0, 0.1) is 0 Å². The van der Waals surface area contributed by atoms with Gasteiger partial charge in [0.15, 0.2) is 0 Å². The van der Waals surface area contributed by atoms with Gasteiger partial charge in [0, 0.05) is 13.2 Å². The maximum atomic E-state index is 5.70. The molecule has 2 nitrogen and oxygen atoms in total. The van der Waals surface area contributed by atoms with Gasteiger partial charge in [-0.1, -0.05) is 42.5 Å². The molecular weight excluding hydrogens is 252 g/mol. The molecule has 3 heteroatoms. The maximum absolute atomic E-state index is 5.70. The first kappa shape index (κ1) is 14.3. The second kappa shape index (κ2) is 7.43. The quantitative estimate of drug-likeness (QED) is 0.711. The smallest absolute Gasteiger partial charge is 0.384 e. The zero-order chi connectivity index (χ0) is 13.5. The second-order valence-corrected chi connectivity index (χ2v) is 6.20. The average Bonchev–Trinajstić information content (AvgIpc) is 2.45. The summed E-state index contributed by atoms with van der Waals surface area (Å²) < 4.78 is 11.4. The summed E-state index contributed by atoms with van der Waals surface area (Å²) in [6.45, 7) is 5.54. The van der Waals surface area contributed by atoms with Crippen LogP contribution < -0.4 is 0 Å². The van der Waals surface area contributed by atoms with Gasteiger partial charge in [-0.15, -0.1) is 0 Å². The number of rotatable bonds is 7. The fourth-order valence-corrected chi connectivity index (χ4v) is 3.74. The highest BCUT2D eigenvalue weighted by atomic mass is 28.3. The molecule has 0 atom stereocenters. The topological polar surface area (TPSA) is 18.5 Å². The van der Waals surface area contributed by atoms with E-state index in [1.807, 2.05) is 13.8 Å². The lowest BCUT2D eigenvalue weighted by atomic mass is 10.0. The average molecular weight is 273 g/mol. The third-order valence-electron chi connectivity index (χ3n) is 3.09. The van der Waals surface area contributed by atoms with Gasteiger partial charge in [0.05, 0.1) is 0 Å². The molecule has 0 bridgehead atoms. The molecule has 0 amide bonds. The van der Waals surface area contributed by atoms with Crippen LogP contribution in [0.15, 0.2) is 42.5 Å². The predicted octanol–water partition coefficient (Wildman–Crippen LogP) is 3.94. The normalized spacial score (nSPS) is 11.3. The monoisotopic (exact) mass is 273 g/mol. The number of hydrogen-bond acceptors (Lipinski definition) is 2. The molecule has 2 aromatic rings. The van der Waals surface area contributed by atoms with Gasteiger partial charge < -0.3 is 8.85 Å². The molecule has 19 heavy (non-hydrogen) atoms. The van der Waals surface area contributed by atoms with Crippen molar-refractivity contribution in [2.45, 2.75) is 26.3 Å². The van der Waals surface area contributed by atoms with Gasteiger partial charge in [0.25, 0.3) is 0 Å². The molecule has 2 rings (SSSR count). The first-order chi connectivity index (χ1) is 9.35. The van der Waals surface area contributed by atoms with Crippen LogP contribution in [0.2, 0.25) is 6.04 Å². The van der Waals surface area contributed by atoms with Crippen molar-refractivity contribution in [2.75, 3.05) is 13.2 Å². The highest BCUT2D eigenvalue weighted by Gasteiger charge is 2.15. The molecular formula is C16H21O2Si. The minimum absolute atomic E-state index is 0.740. The number of benzene rings is 2. The zero-order valence-corrected chi connectivity index (χ0v) is 12.7. The Morgan fingerprint density at radius 3 is 2.32 bits per heavy atom. The highest BCUT2D eigenvalue weighted by Crippen LogP contribution is 2.20. The molecule has 0 saturated heterocycles. The summed E-state index contributed by atoms with van der Waals surface area (Å²) in [5.74, 6) is 0. The minimum Gasteiger partial charge on any atom is -0.394 e. The Balaban J connectivity index is 2.08. The number of hydrogen-bond donors (Lipinski definition) is 0. The van der Waals surface area contributed by atoms with Crippen LogP contribution in [-0.2, 0) is 15.3 Å². The Morgan fingerprint density at radius 2 is 1.58 bits per heavy atom. The third-order valence-corrected chi connectivity index (χ3v) is 4.97. The molecule has 0 saturated carbocycles. The van der Waals surface area contributed by atoms with E-state index in [4.69, 9.17) is 8.85 Å². The molecule has 1 radical (unpaired) electrons. The molecule has 0 aliphatic heterocycles. The molecule has 0 unspecified atom stereocenters. The molecule has 0 aromatic heterocycles. The summed E-state index contributed by atoms with van der Waals surface area (Å²) in [5, 5.41) is 2.65. The molecule has 0 heterocycles. The standard InChI is InChI=1S/C16H21O2Si/c1-3-17-19(18-4-2)13-12-15-10-7-9-14-8-5-6-11-16(14)15/h5-11H,3-4,12-13H2,1-2H3. The van der Waals surface area contributed by atoms with Crippen LogP contribution in [-0.4, -0.2) is 22.5 Å². The van der Waals surface area contributed by atoms with Crippen LogP contribution in [0.5, 0.6) is 0 Å². The van der Waals surface area contributed by atoms with E-state index in [1.54, 1.807) is 0 Å². The Kier molecular flexibility index (Phi) is 5.57. The number of fused-ring (bicyclic) bond motifs is 1. The lowest BCUT2D eigenvalue weighted by molar-refractivity contribution is 0.213. The first-order valence-corrected chi connectivity index (χ1v) is 8.45. The van der Waals surface area contributed by atoms with Crippen LogP contribution >= 0.6 is 0 Å². The van der Waals surface area contributed by atoms with E-state index in [9.17, 15) is 0 Å². The van der Waals surface area contributed by atoms with E-state index in [2.05, 4.69) is 42.5 Å². The van der Waals surface area contributed by atoms with Crippen LogP contribution in [0.4, 0.5) is 0 Å². The molecule has 0 aliphatic carbocycles. The van der Waals surface area contributed by atoms with Crippen molar-refractivity contribution in [2.24, 2.45) is 0 Å². The van der Waals surface area contributed by atoms with Gasteiger partial charge in [0.2, 0.25) is 0 Å². The second-order valence-electron chi connectivity index (χ2n) is 4.38. The van der Waals surface area contributed by atoms with E-state index in [0.29, 0.717) is 0 Å². The number of aryl methyl sites for hydroxylation is 1. The van der Waals surface area contributed by atoms with Gasteiger partial charge in [-0.2, -0.15) is 0 Å². The van der Waals surface area contributed by atoms with Crippen molar-refractivity contribution in [3.8, 4) is 0 Å². The molecule has 0 N–H and O–H groups in total. The fraction of sp³-hybridized carbons (Fsp3) is 0.375. The van der Waals surface area contributed by atoms with Gasteiger partial charge in [-0.05, 0) is 42.6 Å². The molecule has 0 aliphatic rings. The van der Waals surface area contributed by atoms with Gasteiger partial charge in [-0.25, -0.2) is 0 Å². The van der Waals surface area contributed by atoms with Crippen LogP contribution in [0.1, 0.15) is 19.4 Å². The Bertz CT molecular complexity index is 502. The molecule has 0 fully saturated rings. The third kappa shape index (κ3) is 3.90. The largest absolute Gasteiger partial charge is 0.394 e. The highest BCUT2D eigenvalue weighted by molar-refractivity contribution is 6.44. The summed E-state index contributed by atoms with van der Waals surface area (Å²) in [4.78, 5) is 0. The lowest BCUT2D eigenvalue weighted by Crippen LogP contribution is -2.23. The van der Waals surface area contributed by atoms with Crippen molar-refractivity contribution < 1.29 is 8.85 Å².